The highest BCUT2D eigenvalue weighted by molar-refractivity contribution is 6.31. The summed E-state index contributed by atoms with van der Waals surface area (Å²) in [7, 11) is 1.24. The molecule has 0 atom stereocenters. The highest BCUT2D eigenvalue weighted by Gasteiger charge is 2.40. The Bertz CT molecular complexity index is 762. The molecule has 126 valence electrons. The van der Waals surface area contributed by atoms with E-state index in [1.54, 1.807) is 44.2 Å². The lowest BCUT2D eigenvalue weighted by atomic mass is 9.99. The first-order chi connectivity index (χ1) is 11.3. The first-order valence-electron chi connectivity index (χ1n) is 7.22. The fourth-order valence-electron chi connectivity index (χ4n) is 2.37. The molecule has 0 aliphatic heterocycles. The van der Waals surface area contributed by atoms with Gasteiger partial charge in [-0.15, -0.1) is 0 Å². The van der Waals surface area contributed by atoms with Gasteiger partial charge in [0.2, 0.25) is 0 Å². The molecule has 4 nitrogen and oxygen atoms in total. The van der Waals surface area contributed by atoms with Crippen LogP contribution in [0.5, 0.6) is 0 Å². The summed E-state index contributed by atoms with van der Waals surface area (Å²) < 4.78 is 18.3. The zero-order valence-electron chi connectivity index (χ0n) is 13.5. The topological polar surface area (TPSA) is 46.6 Å². The minimum absolute atomic E-state index is 0.140. The monoisotopic (exact) mass is 349 g/mol. The van der Waals surface area contributed by atoms with E-state index in [9.17, 15) is 14.0 Å². The number of nitrogens with zero attached hydrogens (tertiary/aromatic N) is 1. The molecule has 0 fully saturated rings. The highest BCUT2D eigenvalue weighted by atomic mass is 35.5. The maximum Gasteiger partial charge on any atom is 0.331 e. The van der Waals surface area contributed by atoms with Crippen LogP contribution in [0, 0.1) is 5.82 Å². The standard InChI is InChI=1S/C18H17ClFNO3/c1-18(2,17(23)24-3)21(13-9-10-15(20)14(19)11-13)16(22)12-7-5-4-6-8-12/h4-11H,1-3H3. The Balaban J connectivity index is 2.59. The Kier molecular flexibility index (Phi) is 5.24. The maximum atomic E-state index is 13.5. The number of amides is 1. The second-order valence-electron chi connectivity index (χ2n) is 5.66. The summed E-state index contributed by atoms with van der Waals surface area (Å²) in [5.41, 5.74) is -0.636. The second kappa shape index (κ2) is 7.01. The van der Waals surface area contributed by atoms with E-state index in [4.69, 9.17) is 16.3 Å². The normalized spacial score (nSPS) is 11.0. The zero-order valence-corrected chi connectivity index (χ0v) is 14.3. The molecule has 1 amide bonds. The summed E-state index contributed by atoms with van der Waals surface area (Å²) in [4.78, 5) is 26.5. The third-order valence-corrected chi connectivity index (χ3v) is 3.92. The Hall–Kier alpha value is -2.40. The molecule has 0 bridgehead atoms. The number of rotatable bonds is 4. The van der Waals surface area contributed by atoms with E-state index >= 15 is 0 Å². The Labute approximate surface area is 144 Å². The van der Waals surface area contributed by atoms with Crippen LogP contribution >= 0.6 is 11.6 Å². The number of hydrogen-bond acceptors (Lipinski definition) is 3. The summed E-state index contributed by atoms with van der Waals surface area (Å²) >= 11 is 5.84. The number of anilines is 1. The lowest BCUT2D eigenvalue weighted by molar-refractivity contribution is -0.145. The molecule has 0 spiro atoms. The van der Waals surface area contributed by atoms with Crippen molar-refractivity contribution >= 4 is 29.2 Å². The van der Waals surface area contributed by atoms with Gasteiger partial charge in [-0.3, -0.25) is 9.69 Å². The molecule has 0 aliphatic carbocycles. The van der Waals surface area contributed by atoms with Crippen LogP contribution in [0.25, 0.3) is 0 Å². The van der Waals surface area contributed by atoms with Crippen molar-refractivity contribution < 1.29 is 18.7 Å². The third kappa shape index (κ3) is 3.41. The molecular formula is C18H17ClFNO3. The van der Waals surface area contributed by atoms with E-state index in [0.29, 0.717) is 11.3 Å². The van der Waals surface area contributed by atoms with E-state index in [2.05, 4.69) is 0 Å². The van der Waals surface area contributed by atoms with Crippen molar-refractivity contribution in [1.82, 2.24) is 0 Å². The number of halogens is 2. The molecular weight excluding hydrogens is 333 g/mol. The molecule has 6 heteroatoms. The van der Waals surface area contributed by atoms with Crippen LogP contribution in [0.2, 0.25) is 5.02 Å². The van der Waals surface area contributed by atoms with Gasteiger partial charge in [0.25, 0.3) is 5.91 Å². The molecule has 0 unspecified atom stereocenters. The van der Waals surface area contributed by atoms with Gasteiger partial charge in [-0.2, -0.15) is 0 Å². The van der Waals surface area contributed by atoms with Gasteiger partial charge >= 0.3 is 5.97 Å². The molecule has 0 heterocycles. The number of hydrogen-bond donors (Lipinski definition) is 0. The summed E-state index contributed by atoms with van der Waals surface area (Å²) in [6.07, 6.45) is 0. The Morgan fingerprint density at radius 3 is 2.29 bits per heavy atom. The fraction of sp³-hybridized carbons (Fsp3) is 0.222. The van der Waals surface area contributed by atoms with Crippen LogP contribution in [0.4, 0.5) is 10.1 Å². The largest absolute Gasteiger partial charge is 0.467 e. The Morgan fingerprint density at radius 2 is 1.75 bits per heavy atom. The van der Waals surface area contributed by atoms with Crippen LogP contribution in [-0.2, 0) is 9.53 Å². The number of carbonyl (C=O) groups is 2. The van der Waals surface area contributed by atoms with E-state index < -0.39 is 23.2 Å². The summed E-state index contributed by atoms with van der Waals surface area (Å²) in [5.74, 6) is -1.63. The number of esters is 1. The molecule has 2 aromatic rings. The van der Waals surface area contributed by atoms with Crippen molar-refractivity contribution in [3.8, 4) is 0 Å². The lowest BCUT2D eigenvalue weighted by Crippen LogP contribution is -2.54. The van der Waals surface area contributed by atoms with Gasteiger partial charge in [0, 0.05) is 11.3 Å². The number of carbonyl (C=O) groups excluding carboxylic acids is 2. The molecule has 0 saturated heterocycles. The average Bonchev–Trinajstić information content (AvgIpc) is 2.57. The minimum Gasteiger partial charge on any atom is -0.467 e. The summed E-state index contributed by atoms with van der Waals surface area (Å²) in [5, 5.41) is -0.140. The van der Waals surface area contributed by atoms with Crippen LogP contribution < -0.4 is 4.90 Å². The number of ether oxygens (including phenoxy) is 1. The predicted molar refractivity (Wildman–Crippen MR) is 90.8 cm³/mol. The first kappa shape index (κ1) is 17.9. The molecule has 2 aromatic carbocycles. The predicted octanol–water partition coefficient (Wildman–Crippen LogP) is 4.08. The molecule has 24 heavy (non-hydrogen) atoms. The highest BCUT2D eigenvalue weighted by Crippen LogP contribution is 2.30. The van der Waals surface area contributed by atoms with Crippen molar-refractivity contribution in [2.24, 2.45) is 0 Å². The van der Waals surface area contributed by atoms with Gasteiger partial charge in [-0.25, -0.2) is 9.18 Å². The van der Waals surface area contributed by atoms with Crippen LogP contribution in [0.3, 0.4) is 0 Å². The summed E-state index contributed by atoms with van der Waals surface area (Å²) in [6, 6.07) is 12.3. The van der Waals surface area contributed by atoms with Gasteiger partial charge < -0.3 is 4.74 Å². The average molecular weight is 350 g/mol. The van der Waals surface area contributed by atoms with E-state index in [0.717, 1.165) is 6.07 Å². The van der Waals surface area contributed by atoms with Gasteiger partial charge in [-0.05, 0) is 44.2 Å². The Morgan fingerprint density at radius 1 is 1.12 bits per heavy atom. The van der Waals surface area contributed by atoms with E-state index in [-0.39, 0.29) is 5.02 Å². The molecule has 0 saturated carbocycles. The zero-order chi connectivity index (χ0) is 17.9. The van der Waals surface area contributed by atoms with Crippen molar-refractivity contribution in [3.63, 3.8) is 0 Å². The lowest BCUT2D eigenvalue weighted by Gasteiger charge is -2.36. The van der Waals surface area contributed by atoms with Gasteiger partial charge in [-0.1, -0.05) is 29.8 Å². The van der Waals surface area contributed by atoms with Gasteiger partial charge in [0.15, 0.2) is 0 Å². The minimum atomic E-state index is -1.32. The van der Waals surface area contributed by atoms with Crippen molar-refractivity contribution in [1.29, 1.82) is 0 Å². The number of methoxy groups -OCH3 is 1. The van der Waals surface area contributed by atoms with Crippen LogP contribution in [0.1, 0.15) is 24.2 Å². The van der Waals surface area contributed by atoms with Gasteiger partial charge in [0.1, 0.15) is 11.4 Å². The fourth-order valence-corrected chi connectivity index (χ4v) is 2.54. The third-order valence-electron chi connectivity index (χ3n) is 3.63. The van der Waals surface area contributed by atoms with Crippen molar-refractivity contribution in [2.75, 3.05) is 12.0 Å². The molecule has 0 radical (unpaired) electrons. The van der Waals surface area contributed by atoms with E-state index in [1.165, 1.54) is 24.1 Å². The molecule has 2 rings (SSSR count). The molecule has 0 aliphatic rings. The van der Waals surface area contributed by atoms with E-state index in [1.807, 2.05) is 0 Å². The SMILES string of the molecule is COC(=O)C(C)(C)N(C(=O)c1ccccc1)c1ccc(F)c(Cl)c1. The van der Waals surface area contributed by atoms with Crippen molar-refractivity contribution in [3.05, 3.63) is 64.9 Å². The quantitative estimate of drug-likeness (QED) is 0.781. The van der Waals surface area contributed by atoms with Crippen LogP contribution in [-0.4, -0.2) is 24.5 Å². The molecule has 0 N–H and O–H groups in total. The number of benzene rings is 2. The van der Waals surface area contributed by atoms with Gasteiger partial charge in [0.05, 0.1) is 12.1 Å². The second-order valence-corrected chi connectivity index (χ2v) is 6.06. The molecule has 0 aromatic heterocycles. The van der Waals surface area contributed by atoms with Crippen LogP contribution in [0.15, 0.2) is 48.5 Å². The summed E-state index contributed by atoms with van der Waals surface area (Å²) in [6.45, 7) is 3.11. The maximum absolute atomic E-state index is 13.5. The van der Waals surface area contributed by atoms with Crippen molar-refractivity contribution in [2.45, 2.75) is 19.4 Å². The smallest absolute Gasteiger partial charge is 0.331 e. The first-order valence-corrected chi connectivity index (χ1v) is 7.60.